The third kappa shape index (κ3) is 2.41. The van der Waals surface area contributed by atoms with E-state index in [-0.39, 0.29) is 11.9 Å². The summed E-state index contributed by atoms with van der Waals surface area (Å²) in [4.78, 5) is 14.4. The van der Waals surface area contributed by atoms with Crippen LogP contribution in [0, 0.1) is 0 Å². The molecular weight excluding hydrogens is 224 g/mol. The minimum atomic E-state index is -0.146. The number of hydrogen-bond donors (Lipinski definition) is 1. The lowest BCUT2D eigenvalue weighted by molar-refractivity contribution is -0.120. The van der Waals surface area contributed by atoms with Gasteiger partial charge in [0.1, 0.15) is 6.04 Å². The van der Waals surface area contributed by atoms with Crippen molar-refractivity contribution in [3.63, 3.8) is 0 Å². The van der Waals surface area contributed by atoms with Crippen LogP contribution in [0.15, 0.2) is 24.3 Å². The van der Waals surface area contributed by atoms with E-state index in [1.54, 1.807) is 0 Å². The molecular formula is C15H22N2O. The topological polar surface area (TPSA) is 32.3 Å². The highest BCUT2D eigenvalue weighted by atomic mass is 16.2. The molecule has 0 saturated carbocycles. The maximum atomic E-state index is 12.4. The number of carbonyl (C=O) groups is 1. The molecule has 1 unspecified atom stereocenters. The molecule has 1 aliphatic rings. The third-order valence-electron chi connectivity index (χ3n) is 3.45. The van der Waals surface area contributed by atoms with Gasteiger partial charge in [-0.3, -0.25) is 4.79 Å². The van der Waals surface area contributed by atoms with Gasteiger partial charge in [-0.1, -0.05) is 44.9 Å². The second-order valence-corrected chi connectivity index (χ2v) is 4.75. The Balaban J connectivity index is 2.18. The molecule has 1 amide bonds. The number of rotatable bonds is 6. The summed E-state index contributed by atoms with van der Waals surface area (Å²) in [5.41, 5.74) is 2.21. The summed E-state index contributed by atoms with van der Waals surface area (Å²) in [6, 6.07) is 7.98. The van der Waals surface area contributed by atoms with Crippen molar-refractivity contribution in [3.05, 3.63) is 29.8 Å². The Hall–Kier alpha value is -1.35. The van der Waals surface area contributed by atoms with Gasteiger partial charge >= 0.3 is 0 Å². The van der Waals surface area contributed by atoms with Gasteiger partial charge in [-0.25, -0.2) is 0 Å². The maximum absolute atomic E-state index is 12.4. The number of carbonyl (C=O) groups excluding carboxylic acids is 1. The van der Waals surface area contributed by atoms with Crippen molar-refractivity contribution in [1.82, 2.24) is 5.32 Å². The molecule has 0 aromatic heterocycles. The van der Waals surface area contributed by atoms with Gasteiger partial charge in [0.15, 0.2) is 0 Å². The molecule has 0 fully saturated rings. The first-order chi connectivity index (χ1) is 8.79. The molecule has 1 atom stereocenters. The number of nitrogens with zero attached hydrogens (tertiary/aromatic N) is 1. The van der Waals surface area contributed by atoms with Crippen LogP contribution in [0.5, 0.6) is 0 Å². The fourth-order valence-electron chi connectivity index (χ4n) is 2.54. The first-order valence-corrected chi connectivity index (χ1v) is 6.93. The Labute approximate surface area is 109 Å². The van der Waals surface area contributed by atoms with Gasteiger partial charge in [0, 0.05) is 17.8 Å². The zero-order chi connectivity index (χ0) is 13.0. The summed E-state index contributed by atoms with van der Waals surface area (Å²) >= 11 is 0. The van der Waals surface area contributed by atoms with Gasteiger partial charge in [-0.15, -0.1) is 0 Å². The Morgan fingerprint density at radius 3 is 2.72 bits per heavy atom. The highest BCUT2D eigenvalue weighted by Gasteiger charge is 2.35. The Morgan fingerprint density at radius 1 is 1.22 bits per heavy atom. The summed E-state index contributed by atoms with van der Waals surface area (Å²) in [7, 11) is 0. The van der Waals surface area contributed by atoms with Crippen LogP contribution in [0.1, 0.15) is 44.7 Å². The van der Waals surface area contributed by atoms with Gasteiger partial charge in [-0.05, 0) is 19.0 Å². The second-order valence-electron chi connectivity index (χ2n) is 4.75. The number of para-hydroxylation sites is 1. The van der Waals surface area contributed by atoms with E-state index < -0.39 is 0 Å². The van der Waals surface area contributed by atoms with Crippen molar-refractivity contribution in [2.45, 2.75) is 39.2 Å². The number of amides is 1. The number of nitrogens with one attached hydrogen (secondary N) is 1. The van der Waals surface area contributed by atoms with Crippen LogP contribution >= 0.6 is 0 Å². The molecule has 0 aliphatic carbocycles. The molecule has 3 heteroatoms. The van der Waals surface area contributed by atoms with Gasteiger partial charge in [0.2, 0.25) is 5.91 Å². The second kappa shape index (κ2) is 6.01. The lowest BCUT2D eigenvalue weighted by Gasteiger charge is -2.17. The summed E-state index contributed by atoms with van der Waals surface area (Å²) in [6.07, 6.45) is 3.44. The largest absolute Gasteiger partial charge is 0.310 e. The van der Waals surface area contributed by atoms with E-state index in [9.17, 15) is 4.79 Å². The van der Waals surface area contributed by atoms with E-state index in [4.69, 9.17) is 0 Å². The van der Waals surface area contributed by atoms with Crippen molar-refractivity contribution in [2.75, 3.05) is 18.0 Å². The smallest absolute Gasteiger partial charge is 0.248 e. The Bertz CT molecular complexity index is 417. The van der Waals surface area contributed by atoms with Crippen LogP contribution in [0.2, 0.25) is 0 Å². The van der Waals surface area contributed by atoms with Crippen molar-refractivity contribution in [2.24, 2.45) is 0 Å². The minimum absolute atomic E-state index is 0.146. The zero-order valence-electron chi connectivity index (χ0n) is 11.3. The molecule has 1 aromatic carbocycles. The molecule has 3 nitrogen and oxygen atoms in total. The standard InChI is InChI=1S/C15H22N2O/c1-3-5-8-11-17-13-10-7-6-9-12(13)14(15(17)18)16-4-2/h6-7,9-10,14,16H,3-5,8,11H2,1-2H3. The first-order valence-electron chi connectivity index (χ1n) is 6.93. The normalized spacial score (nSPS) is 18.2. The SMILES string of the molecule is CCCCCN1C(=O)C(NCC)c2ccccc21. The van der Waals surface area contributed by atoms with Crippen molar-refractivity contribution < 1.29 is 4.79 Å². The molecule has 98 valence electrons. The average Bonchev–Trinajstić information content (AvgIpc) is 2.65. The van der Waals surface area contributed by atoms with Crippen LogP contribution in [-0.4, -0.2) is 19.0 Å². The van der Waals surface area contributed by atoms with Gasteiger partial charge < -0.3 is 10.2 Å². The monoisotopic (exact) mass is 246 g/mol. The van der Waals surface area contributed by atoms with Gasteiger partial charge in [0.25, 0.3) is 0 Å². The number of anilines is 1. The van der Waals surface area contributed by atoms with Crippen LogP contribution in [0.4, 0.5) is 5.69 Å². The summed E-state index contributed by atoms with van der Waals surface area (Å²) in [6.45, 7) is 5.87. The number of unbranched alkanes of at least 4 members (excludes halogenated alkanes) is 2. The maximum Gasteiger partial charge on any atom is 0.248 e. The van der Waals surface area contributed by atoms with Crippen LogP contribution in [-0.2, 0) is 4.79 Å². The zero-order valence-corrected chi connectivity index (χ0v) is 11.3. The van der Waals surface area contributed by atoms with Crippen molar-refractivity contribution >= 4 is 11.6 Å². The van der Waals surface area contributed by atoms with Crippen LogP contribution in [0.3, 0.4) is 0 Å². The van der Waals surface area contributed by atoms with Gasteiger partial charge in [-0.2, -0.15) is 0 Å². The number of fused-ring (bicyclic) bond motifs is 1. The van der Waals surface area contributed by atoms with Crippen molar-refractivity contribution in [3.8, 4) is 0 Å². The highest BCUT2D eigenvalue weighted by Crippen LogP contribution is 2.35. The molecule has 0 spiro atoms. The van der Waals surface area contributed by atoms with E-state index in [1.807, 2.05) is 24.0 Å². The highest BCUT2D eigenvalue weighted by molar-refractivity contribution is 6.04. The fraction of sp³-hybridized carbons (Fsp3) is 0.533. The predicted molar refractivity (Wildman–Crippen MR) is 74.7 cm³/mol. The van der Waals surface area contributed by atoms with Crippen LogP contribution in [0.25, 0.3) is 0 Å². The first kappa shape index (κ1) is 13.1. The molecule has 2 rings (SSSR count). The molecule has 18 heavy (non-hydrogen) atoms. The van der Waals surface area contributed by atoms with Gasteiger partial charge in [0.05, 0.1) is 0 Å². The van der Waals surface area contributed by atoms with E-state index in [0.29, 0.717) is 0 Å². The quantitative estimate of drug-likeness (QED) is 0.783. The van der Waals surface area contributed by atoms with E-state index in [1.165, 1.54) is 12.8 Å². The molecule has 0 radical (unpaired) electrons. The lowest BCUT2D eigenvalue weighted by atomic mass is 10.1. The Kier molecular flexibility index (Phi) is 4.37. The lowest BCUT2D eigenvalue weighted by Crippen LogP contribution is -2.35. The summed E-state index contributed by atoms with van der Waals surface area (Å²) in [5.74, 6) is 0.203. The average molecular weight is 246 g/mol. The summed E-state index contributed by atoms with van der Waals surface area (Å²) < 4.78 is 0. The molecule has 0 bridgehead atoms. The fourth-order valence-corrected chi connectivity index (χ4v) is 2.54. The third-order valence-corrected chi connectivity index (χ3v) is 3.45. The summed E-state index contributed by atoms with van der Waals surface area (Å²) in [5, 5.41) is 3.28. The number of hydrogen-bond acceptors (Lipinski definition) is 2. The molecule has 1 N–H and O–H groups in total. The molecule has 1 aromatic rings. The van der Waals surface area contributed by atoms with Crippen LogP contribution < -0.4 is 10.2 Å². The molecule has 1 heterocycles. The van der Waals surface area contributed by atoms with E-state index in [2.05, 4.69) is 24.4 Å². The predicted octanol–water partition coefficient (Wildman–Crippen LogP) is 2.87. The van der Waals surface area contributed by atoms with E-state index in [0.717, 1.165) is 30.8 Å². The van der Waals surface area contributed by atoms with Crippen molar-refractivity contribution in [1.29, 1.82) is 0 Å². The number of likely N-dealkylation sites (N-methyl/N-ethyl adjacent to an activating group) is 1. The Morgan fingerprint density at radius 2 is 2.00 bits per heavy atom. The van der Waals surface area contributed by atoms with E-state index >= 15 is 0 Å². The molecule has 0 saturated heterocycles. The molecule has 1 aliphatic heterocycles. The minimum Gasteiger partial charge on any atom is -0.310 e. The number of benzene rings is 1.